The number of carbonyl (C=O) groups is 3. The largest absolute Gasteiger partial charge is 0.481 e. The zero-order valence-electron chi connectivity index (χ0n) is 25.3. The van der Waals surface area contributed by atoms with Crippen LogP contribution in [0, 0.1) is 6.92 Å². The number of ether oxygens (including phenoxy) is 1. The van der Waals surface area contributed by atoms with Crippen molar-refractivity contribution < 1.29 is 24.2 Å². The molecule has 0 aromatic carbocycles. The molecule has 0 saturated carbocycles. The van der Waals surface area contributed by atoms with Crippen LogP contribution in [-0.2, 0) is 38.5 Å². The fourth-order valence-electron chi connectivity index (χ4n) is 5.36. The van der Waals surface area contributed by atoms with Crippen LogP contribution in [-0.4, -0.2) is 51.6 Å². The standard InChI is InChI=1S/C32H47N5O5/c1-23-34-21-27(22-35-23)24(19-31(41)42-2)12-7-3-4-8-14-28-26(18-25-13-11-17-33-32(25)37-28)20-36-29(38)15-9-5-6-10-16-30(39)40/h18,21-22,24H,3-17,19-20H2,1-2H3,(H,33,37)(H,36,38)(H,39,40)/t24-/m0/s1. The van der Waals surface area contributed by atoms with Gasteiger partial charge in [-0.15, -0.1) is 0 Å². The number of aryl methyl sites for hydroxylation is 3. The zero-order chi connectivity index (χ0) is 30.2. The van der Waals surface area contributed by atoms with Gasteiger partial charge in [0.25, 0.3) is 0 Å². The van der Waals surface area contributed by atoms with Crippen LogP contribution >= 0.6 is 0 Å². The van der Waals surface area contributed by atoms with E-state index >= 15 is 0 Å². The van der Waals surface area contributed by atoms with E-state index in [-0.39, 0.29) is 24.2 Å². The molecule has 3 heterocycles. The van der Waals surface area contributed by atoms with Gasteiger partial charge in [-0.25, -0.2) is 15.0 Å². The Hall–Kier alpha value is -3.56. The number of carboxylic acids is 1. The number of pyridine rings is 1. The number of carboxylic acid groups (broad SMARTS) is 1. The third-order valence-electron chi connectivity index (χ3n) is 7.84. The van der Waals surface area contributed by atoms with E-state index in [1.807, 2.05) is 19.3 Å². The molecular weight excluding hydrogens is 534 g/mol. The molecule has 0 unspecified atom stereocenters. The first-order chi connectivity index (χ1) is 20.4. The fraction of sp³-hybridized carbons (Fsp3) is 0.625. The Kier molecular flexibility index (Phi) is 14.2. The normalized spacial score (nSPS) is 13.1. The smallest absolute Gasteiger partial charge is 0.306 e. The van der Waals surface area contributed by atoms with E-state index < -0.39 is 5.97 Å². The van der Waals surface area contributed by atoms with Gasteiger partial charge in [0, 0.05) is 44.0 Å². The summed E-state index contributed by atoms with van der Waals surface area (Å²) >= 11 is 0. The summed E-state index contributed by atoms with van der Waals surface area (Å²) in [6.07, 6.45) is 15.6. The first kappa shape index (κ1) is 32.9. The summed E-state index contributed by atoms with van der Waals surface area (Å²) in [5.41, 5.74) is 4.31. The Morgan fingerprint density at radius 2 is 1.74 bits per heavy atom. The van der Waals surface area contributed by atoms with E-state index in [9.17, 15) is 14.4 Å². The van der Waals surface area contributed by atoms with Crippen LogP contribution < -0.4 is 10.6 Å². The maximum Gasteiger partial charge on any atom is 0.306 e. The molecule has 1 atom stereocenters. The van der Waals surface area contributed by atoms with E-state index in [0.717, 1.165) is 99.8 Å². The van der Waals surface area contributed by atoms with Crippen LogP contribution in [0.1, 0.15) is 118 Å². The average molecular weight is 582 g/mol. The minimum absolute atomic E-state index is 0.0236. The zero-order valence-corrected chi connectivity index (χ0v) is 25.3. The summed E-state index contributed by atoms with van der Waals surface area (Å²) in [4.78, 5) is 48.6. The topological polar surface area (TPSA) is 143 Å². The van der Waals surface area contributed by atoms with Crippen molar-refractivity contribution >= 4 is 23.7 Å². The number of hydrogen-bond donors (Lipinski definition) is 3. The summed E-state index contributed by atoms with van der Waals surface area (Å²) in [5.74, 6) is 0.768. The monoisotopic (exact) mass is 581 g/mol. The molecule has 10 nitrogen and oxygen atoms in total. The highest BCUT2D eigenvalue weighted by atomic mass is 16.5. The van der Waals surface area contributed by atoms with E-state index in [4.69, 9.17) is 14.8 Å². The number of fused-ring (bicyclic) bond motifs is 1. The minimum Gasteiger partial charge on any atom is -0.481 e. The van der Waals surface area contributed by atoms with Gasteiger partial charge >= 0.3 is 11.9 Å². The van der Waals surface area contributed by atoms with Gasteiger partial charge in [-0.3, -0.25) is 14.4 Å². The molecular formula is C32H47N5O5. The molecule has 1 amide bonds. The highest BCUT2D eigenvalue weighted by Gasteiger charge is 2.18. The predicted octanol–water partition coefficient (Wildman–Crippen LogP) is 5.42. The van der Waals surface area contributed by atoms with Crippen molar-refractivity contribution in [2.45, 2.75) is 116 Å². The number of nitrogens with one attached hydrogen (secondary N) is 2. The molecule has 0 radical (unpaired) electrons. The number of methoxy groups -OCH3 is 1. The third-order valence-corrected chi connectivity index (χ3v) is 7.84. The summed E-state index contributed by atoms with van der Waals surface area (Å²) in [7, 11) is 1.42. The number of amides is 1. The second-order valence-electron chi connectivity index (χ2n) is 11.2. The minimum atomic E-state index is -0.768. The number of anilines is 1. The van der Waals surface area contributed by atoms with Gasteiger partial charge in [0.1, 0.15) is 11.6 Å². The Labute approximate surface area is 249 Å². The van der Waals surface area contributed by atoms with Crippen LogP contribution in [0.25, 0.3) is 0 Å². The van der Waals surface area contributed by atoms with Gasteiger partial charge in [-0.05, 0) is 80.5 Å². The number of esters is 1. The Bertz CT molecular complexity index is 1150. The Balaban J connectivity index is 1.46. The molecule has 1 aliphatic rings. The SMILES string of the molecule is COC(=O)C[C@H](CCCCCCc1nc2c(cc1CNC(=O)CCCCCCC(=O)O)CCCN2)c1cnc(C)nc1. The number of unbranched alkanes of at least 4 members (excludes halogenated alkanes) is 6. The van der Waals surface area contributed by atoms with E-state index in [1.54, 1.807) is 0 Å². The highest BCUT2D eigenvalue weighted by molar-refractivity contribution is 5.75. The lowest BCUT2D eigenvalue weighted by Gasteiger charge is -2.20. The average Bonchev–Trinajstić information content (AvgIpc) is 2.98. The van der Waals surface area contributed by atoms with Gasteiger partial charge in [0.05, 0.1) is 13.5 Å². The second kappa shape index (κ2) is 18.1. The molecule has 0 spiro atoms. The number of aliphatic carboxylic acids is 1. The van der Waals surface area contributed by atoms with Crippen molar-refractivity contribution in [2.75, 3.05) is 19.0 Å². The maximum absolute atomic E-state index is 12.5. The van der Waals surface area contributed by atoms with Gasteiger partial charge in [0.15, 0.2) is 0 Å². The first-order valence-electron chi connectivity index (χ1n) is 15.4. The van der Waals surface area contributed by atoms with Crippen LogP contribution in [0.5, 0.6) is 0 Å². The van der Waals surface area contributed by atoms with E-state index in [1.165, 1.54) is 12.7 Å². The highest BCUT2D eigenvalue weighted by Crippen LogP contribution is 2.27. The van der Waals surface area contributed by atoms with Crippen molar-refractivity contribution in [3.05, 3.63) is 46.7 Å². The number of rotatable bonds is 19. The molecule has 2 aromatic rings. The van der Waals surface area contributed by atoms with Gasteiger partial charge < -0.3 is 20.5 Å². The quantitative estimate of drug-likeness (QED) is 0.146. The Morgan fingerprint density at radius 1 is 1.02 bits per heavy atom. The predicted molar refractivity (Wildman–Crippen MR) is 161 cm³/mol. The summed E-state index contributed by atoms with van der Waals surface area (Å²) in [6, 6.07) is 2.21. The molecule has 3 rings (SSSR count). The second-order valence-corrected chi connectivity index (χ2v) is 11.2. The molecule has 10 heteroatoms. The van der Waals surface area contributed by atoms with E-state index in [0.29, 0.717) is 31.6 Å². The van der Waals surface area contributed by atoms with Crippen LogP contribution in [0.15, 0.2) is 18.5 Å². The number of nitrogens with zero attached hydrogens (tertiary/aromatic N) is 3. The van der Waals surface area contributed by atoms with Crippen LogP contribution in [0.2, 0.25) is 0 Å². The number of hydrogen-bond acceptors (Lipinski definition) is 8. The lowest BCUT2D eigenvalue weighted by atomic mass is 9.91. The van der Waals surface area contributed by atoms with Crippen molar-refractivity contribution in [2.24, 2.45) is 0 Å². The molecule has 230 valence electrons. The molecule has 1 aliphatic heterocycles. The lowest BCUT2D eigenvalue weighted by Crippen LogP contribution is -2.24. The van der Waals surface area contributed by atoms with Crippen molar-refractivity contribution in [3.63, 3.8) is 0 Å². The fourth-order valence-corrected chi connectivity index (χ4v) is 5.36. The van der Waals surface area contributed by atoms with Crippen molar-refractivity contribution in [1.29, 1.82) is 0 Å². The summed E-state index contributed by atoms with van der Waals surface area (Å²) in [6.45, 7) is 3.25. The Morgan fingerprint density at radius 3 is 2.48 bits per heavy atom. The van der Waals surface area contributed by atoms with E-state index in [2.05, 4.69) is 26.7 Å². The van der Waals surface area contributed by atoms with Gasteiger partial charge in [-0.1, -0.05) is 32.1 Å². The molecule has 0 bridgehead atoms. The number of aromatic nitrogens is 3. The summed E-state index contributed by atoms with van der Waals surface area (Å²) in [5, 5.41) is 15.2. The van der Waals surface area contributed by atoms with Crippen molar-refractivity contribution in [3.8, 4) is 0 Å². The maximum atomic E-state index is 12.5. The van der Waals surface area contributed by atoms with Crippen LogP contribution in [0.4, 0.5) is 5.82 Å². The molecule has 2 aromatic heterocycles. The molecule has 0 fully saturated rings. The first-order valence-corrected chi connectivity index (χ1v) is 15.4. The lowest BCUT2D eigenvalue weighted by molar-refractivity contribution is -0.141. The molecule has 0 saturated heterocycles. The molecule has 3 N–H and O–H groups in total. The third kappa shape index (κ3) is 11.7. The molecule has 0 aliphatic carbocycles. The van der Waals surface area contributed by atoms with Gasteiger partial charge in [0.2, 0.25) is 5.91 Å². The number of carbonyl (C=O) groups excluding carboxylic acids is 2. The van der Waals surface area contributed by atoms with Crippen LogP contribution in [0.3, 0.4) is 0 Å². The molecule has 42 heavy (non-hydrogen) atoms. The van der Waals surface area contributed by atoms with Gasteiger partial charge in [-0.2, -0.15) is 0 Å². The van der Waals surface area contributed by atoms with Crippen molar-refractivity contribution in [1.82, 2.24) is 20.3 Å². The summed E-state index contributed by atoms with van der Waals surface area (Å²) < 4.78 is 4.91.